The highest BCUT2D eigenvalue weighted by molar-refractivity contribution is 6.30. The van der Waals surface area contributed by atoms with Crippen LogP contribution < -0.4 is 4.90 Å². The zero-order valence-electron chi connectivity index (χ0n) is 11.3. The molecule has 0 amide bonds. The highest BCUT2D eigenvalue weighted by Crippen LogP contribution is 2.25. The first-order valence-corrected chi connectivity index (χ1v) is 7.32. The van der Waals surface area contributed by atoms with Crippen LogP contribution in [-0.4, -0.2) is 17.7 Å². The van der Waals surface area contributed by atoms with Crippen LogP contribution in [0.15, 0.2) is 36.5 Å². The fourth-order valence-corrected chi connectivity index (χ4v) is 2.97. The molecule has 1 aromatic carbocycles. The predicted molar refractivity (Wildman–Crippen MR) is 81.6 cm³/mol. The third kappa shape index (κ3) is 2.64. The van der Waals surface area contributed by atoms with Gasteiger partial charge in [-0.25, -0.2) is 0 Å². The molecule has 3 heteroatoms. The quantitative estimate of drug-likeness (QED) is 0.786. The molecule has 1 aliphatic heterocycles. The standard InChI is InChI=1S/C16H19ClN2/c1-13-10-16(18-8-3-2-4-9-18)12-19(13)15-7-5-6-14(17)11-15/h5-7,10-12H,2-4,8-9H2,1H3. The van der Waals surface area contributed by atoms with Gasteiger partial charge in [0.15, 0.2) is 0 Å². The largest absolute Gasteiger partial charge is 0.370 e. The Morgan fingerprint density at radius 3 is 2.53 bits per heavy atom. The van der Waals surface area contributed by atoms with Crippen LogP contribution in [0.5, 0.6) is 0 Å². The zero-order chi connectivity index (χ0) is 13.2. The van der Waals surface area contributed by atoms with E-state index in [0.717, 1.165) is 10.7 Å². The second-order valence-corrected chi connectivity index (χ2v) is 5.67. The molecule has 2 nitrogen and oxygen atoms in total. The lowest BCUT2D eigenvalue weighted by Crippen LogP contribution is -2.28. The van der Waals surface area contributed by atoms with E-state index in [4.69, 9.17) is 11.6 Å². The van der Waals surface area contributed by atoms with Gasteiger partial charge in [0.05, 0.1) is 5.69 Å². The molecule has 19 heavy (non-hydrogen) atoms. The van der Waals surface area contributed by atoms with Crippen molar-refractivity contribution >= 4 is 17.3 Å². The molecule has 0 bridgehead atoms. The zero-order valence-corrected chi connectivity index (χ0v) is 12.0. The monoisotopic (exact) mass is 274 g/mol. The van der Waals surface area contributed by atoms with Gasteiger partial charge >= 0.3 is 0 Å². The van der Waals surface area contributed by atoms with Gasteiger partial charge in [0.2, 0.25) is 0 Å². The number of hydrogen-bond donors (Lipinski definition) is 0. The molecule has 3 rings (SSSR count). The Morgan fingerprint density at radius 1 is 1.00 bits per heavy atom. The molecule has 0 unspecified atom stereocenters. The number of benzene rings is 1. The van der Waals surface area contributed by atoms with Crippen LogP contribution >= 0.6 is 11.6 Å². The Bertz CT molecular complexity index is 568. The van der Waals surface area contributed by atoms with E-state index in [1.165, 1.54) is 43.7 Å². The summed E-state index contributed by atoms with van der Waals surface area (Å²) in [5.41, 5.74) is 3.72. The second-order valence-electron chi connectivity index (χ2n) is 5.24. The van der Waals surface area contributed by atoms with Crippen molar-refractivity contribution in [2.45, 2.75) is 26.2 Å². The predicted octanol–water partition coefficient (Wildman–Crippen LogP) is 4.43. The van der Waals surface area contributed by atoms with Crippen LogP contribution in [0.4, 0.5) is 5.69 Å². The summed E-state index contributed by atoms with van der Waals surface area (Å²) in [7, 11) is 0. The maximum Gasteiger partial charge on any atom is 0.0552 e. The summed E-state index contributed by atoms with van der Waals surface area (Å²) < 4.78 is 2.22. The summed E-state index contributed by atoms with van der Waals surface area (Å²) in [5, 5.41) is 0.783. The number of nitrogens with zero attached hydrogens (tertiary/aromatic N) is 2. The number of aromatic nitrogens is 1. The van der Waals surface area contributed by atoms with Gasteiger partial charge in [0.1, 0.15) is 0 Å². The van der Waals surface area contributed by atoms with Gasteiger partial charge in [0.25, 0.3) is 0 Å². The number of rotatable bonds is 2. The Hall–Kier alpha value is -1.41. The molecule has 0 saturated carbocycles. The van der Waals surface area contributed by atoms with E-state index in [2.05, 4.69) is 34.7 Å². The molecule has 1 aliphatic rings. The molecule has 1 fully saturated rings. The SMILES string of the molecule is Cc1cc(N2CCCCC2)cn1-c1cccc(Cl)c1. The smallest absolute Gasteiger partial charge is 0.0552 e. The van der Waals surface area contributed by atoms with E-state index >= 15 is 0 Å². The van der Waals surface area contributed by atoms with Gasteiger partial charge in [-0.3, -0.25) is 0 Å². The third-order valence-corrected chi connectivity index (χ3v) is 4.04. The molecule has 0 N–H and O–H groups in total. The summed E-state index contributed by atoms with van der Waals surface area (Å²) in [5.74, 6) is 0. The van der Waals surface area contributed by atoms with E-state index in [0.29, 0.717) is 0 Å². The van der Waals surface area contributed by atoms with Crippen molar-refractivity contribution in [3.05, 3.63) is 47.2 Å². The normalized spacial score (nSPS) is 15.8. The summed E-state index contributed by atoms with van der Waals surface area (Å²) in [6, 6.07) is 10.3. The Balaban J connectivity index is 1.92. The number of aryl methyl sites for hydroxylation is 1. The summed E-state index contributed by atoms with van der Waals surface area (Å²) in [6.07, 6.45) is 6.21. The molecule has 0 atom stereocenters. The molecule has 2 aromatic rings. The Morgan fingerprint density at radius 2 is 1.79 bits per heavy atom. The summed E-state index contributed by atoms with van der Waals surface area (Å²) in [4.78, 5) is 2.48. The van der Waals surface area contributed by atoms with E-state index in [1.54, 1.807) is 0 Å². The van der Waals surface area contributed by atoms with Crippen molar-refractivity contribution in [3.8, 4) is 5.69 Å². The van der Waals surface area contributed by atoms with E-state index in [1.807, 2.05) is 18.2 Å². The van der Waals surface area contributed by atoms with Gasteiger partial charge in [0, 0.05) is 35.7 Å². The van der Waals surface area contributed by atoms with Gasteiger partial charge < -0.3 is 9.47 Å². The van der Waals surface area contributed by atoms with Crippen LogP contribution in [0.2, 0.25) is 5.02 Å². The first kappa shape index (κ1) is 12.6. The van der Waals surface area contributed by atoms with E-state index < -0.39 is 0 Å². The second kappa shape index (κ2) is 5.30. The minimum atomic E-state index is 0.783. The van der Waals surface area contributed by atoms with Crippen LogP contribution in [-0.2, 0) is 0 Å². The van der Waals surface area contributed by atoms with E-state index in [9.17, 15) is 0 Å². The fraction of sp³-hybridized carbons (Fsp3) is 0.375. The van der Waals surface area contributed by atoms with Gasteiger partial charge in [-0.05, 0) is 50.5 Å². The molecule has 1 saturated heterocycles. The third-order valence-electron chi connectivity index (χ3n) is 3.81. The van der Waals surface area contributed by atoms with Crippen LogP contribution in [0.1, 0.15) is 25.0 Å². The van der Waals surface area contributed by atoms with Gasteiger partial charge in [-0.1, -0.05) is 17.7 Å². The Kier molecular flexibility index (Phi) is 3.52. The minimum absolute atomic E-state index is 0.783. The molecule has 1 aromatic heterocycles. The molecule has 0 aliphatic carbocycles. The first-order valence-electron chi connectivity index (χ1n) is 6.94. The number of anilines is 1. The van der Waals surface area contributed by atoms with Crippen LogP contribution in [0.25, 0.3) is 5.69 Å². The number of hydrogen-bond acceptors (Lipinski definition) is 1. The van der Waals surface area contributed by atoms with Gasteiger partial charge in [-0.15, -0.1) is 0 Å². The Labute approximate surface area is 119 Å². The van der Waals surface area contributed by atoms with Crippen molar-refractivity contribution in [1.82, 2.24) is 4.57 Å². The molecular weight excluding hydrogens is 256 g/mol. The molecule has 0 spiro atoms. The fourth-order valence-electron chi connectivity index (χ4n) is 2.78. The van der Waals surface area contributed by atoms with Crippen molar-refractivity contribution in [3.63, 3.8) is 0 Å². The lowest BCUT2D eigenvalue weighted by Gasteiger charge is -2.27. The molecule has 100 valence electrons. The van der Waals surface area contributed by atoms with Crippen molar-refractivity contribution < 1.29 is 0 Å². The van der Waals surface area contributed by atoms with Crippen molar-refractivity contribution in [2.24, 2.45) is 0 Å². The molecular formula is C16H19ClN2. The number of piperidine rings is 1. The number of halogens is 1. The van der Waals surface area contributed by atoms with Crippen LogP contribution in [0, 0.1) is 6.92 Å². The average Bonchev–Trinajstić information content (AvgIpc) is 2.82. The maximum atomic E-state index is 6.08. The average molecular weight is 275 g/mol. The highest BCUT2D eigenvalue weighted by Gasteiger charge is 2.14. The van der Waals surface area contributed by atoms with E-state index in [-0.39, 0.29) is 0 Å². The van der Waals surface area contributed by atoms with Crippen molar-refractivity contribution in [2.75, 3.05) is 18.0 Å². The van der Waals surface area contributed by atoms with Crippen molar-refractivity contribution in [1.29, 1.82) is 0 Å². The summed E-state index contributed by atoms with van der Waals surface area (Å²) >= 11 is 6.08. The maximum absolute atomic E-state index is 6.08. The summed E-state index contributed by atoms with van der Waals surface area (Å²) in [6.45, 7) is 4.51. The molecule has 2 heterocycles. The molecule has 0 radical (unpaired) electrons. The lowest BCUT2D eigenvalue weighted by atomic mass is 10.1. The van der Waals surface area contributed by atoms with Gasteiger partial charge in [-0.2, -0.15) is 0 Å². The topological polar surface area (TPSA) is 8.17 Å². The minimum Gasteiger partial charge on any atom is -0.370 e. The highest BCUT2D eigenvalue weighted by atomic mass is 35.5. The van der Waals surface area contributed by atoms with Crippen LogP contribution in [0.3, 0.4) is 0 Å². The first-order chi connectivity index (χ1) is 9.24. The lowest BCUT2D eigenvalue weighted by molar-refractivity contribution is 0.578.